The smallest absolute Gasteiger partial charge is 0.145 e. The van der Waals surface area contributed by atoms with Crippen LogP contribution in [0, 0.1) is 0 Å². The molecule has 0 aliphatic heterocycles. The number of hydrogen-bond donors (Lipinski definition) is 0. The van der Waals surface area contributed by atoms with Crippen LogP contribution in [0.1, 0.15) is 50.7 Å². The highest BCUT2D eigenvalue weighted by molar-refractivity contribution is 6.24. The number of fused-ring (bicyclic) bond motifs is 13. The zero-order valence-electron chi connectivity index (χ0n) is 31.6. The van der Waals surface area contributed by atoms with Crippen LogP contribution in [0.2, 0.25) is 0 Å². The number of nitrogens with zero attached hydrogens (tertiary/aromatic N) is 4. The van der Waals surface area contributed by atoms with E-state index in [1.807, 2.05) is 30.5 Å². The molecule has 6 aromatic carbocycles. The second kappa shape index (κ2) is 12.3. The van der Waals surface area contributed by atoms with E-state index in [0.29, 0.717) is 11.8 Å². The van der Waals surface area contributed by atoms with Gasteiger partial charge in [-0.1, -0.05) is 88.4 Å². The number of para-hydroxylation sites is 2. The molecule has 0 amide bonds. The van der Waals surface area contributed by atoms with Gasteiger partial charge >= 0.3 is 0 Å². The maximum atomic E-state index is 6.79. The Kier molecular flexibility index (Phi) is 7.14. The molecule has 0 N–H and O–H groups in total. The van der Waals surface area contributed by atoms with Crippen molar-refractivity contribution in [3.05, 3.63) is 157 Å². The van der Waals surface area contributed by atoms with E-state index in [9.17, 15) is 0 Å². The van der Waals surface area contributed by atoms with Crippen molar-refractivity contribution in [2.24, 2.45) is 0 Å². The first-order valence-corrected chi connectivity index (χ1v) is 19.4. The molecule has 0 radical (unpaired) electrons. The predicted octanol–water partition coefficient (Wildman–Crippen LogP) is 13.7. The SMILES string of the molecule is CC(C)c1cccc(C(C)C)c1-c1cnc2c3cc(Oc4ccc5c6ccc7oc8ccccc8c7c6n(-c6ccccn6)c5c4)ccc3c3ccccc3n12. The largest absolute Gasteiger partial charge is 0.457 e. The molecule has 56 heavy (non-hydrogen) atoms. The van der Waals surface area contributed by atoms with E-state index >= 15 is 0 Å². The van der Waals surface area contributed by atoms with Crippen LogP contribution in [0.3, 0.4) is 0 Å². The third kappa shape index (κ3) is 4.75. The molecule has 6 nitrogen and oxygen atoms in total. The van der Waals surface area contributed by atoms with Gasteiger partial charge in [0, 0.05) is 44.8 Å². The van der Waals surface area contributed by atoms with Crippen molar-refractivity contribution >= 4 is 71.1 Å². The van der Waals surface area contributed by atoms with Crippen molar-refractivity contribution < 1.29 is 9.15 Å². The Morgan fingerprint density at radius 3 is 2.04 bits per heavy atom. The van der Waals surface area contributed by atoms with E-state index in [1.165, 1.54) is 22.1 Å². The first-order chi connectivity index (χ1) is 27.4. The van der Waals surface area contributed by atoms with Gasteiger partial charge < -0.3 is 9.15 Å². The molecule has 0 saturated carbocycles. The Balaban J connectivity index is 1.11. The first kappa shape index (κ1) is 32.5. The highest BCUT2D eigenvalue weighted by Gasteiger charge is 2.23. The van der Waals surface area contributed by atoms with Crippen LogP contribution in [0.15, 0.2) is 150 Å². The molecular formula is C50H38N4O2. The number of aromatic nitrogens is 4. The molecule has 0 saturated heterocycles. The standard InChI is InChI=1S/C50H38N4O2/c1-29(2)33-14-11-15-34(30(3)4)47(33)43-28-52-50-40-26-31(19-21-35(40)36-12-5-7-16-41(36)53(43)50)55-32-20-22-37-38-23-24-45-48(39-13-6-8-17-44(39)56-45)49(38)54(42(37)27-32)46-18-9-10-25-51-46/h5-30H,1-4H3. The molecule has 11 aromatic rings. The number of pyridine rings is 2. The van der Waals surface area contributed by atoms with Gasteiger partial charge in [-0.05, 0) is 95.1 Å². The van der Waals surface area contributed by atoms with Crippen LogP contribution in [0.25, 0.3) is 88.1 Å². The van der Waals surface area contributed by atoms with Gasteiger partial charge in [-0.2, -0.15) is 0 Å². The van der Waals surface area contributed by atoms with Crippen molar-refractivity contribution in [1.29, 1.82) is 0 Å². The molecule has 6 heteroatoms. The summed E-state index contributed by atoms with van der Waals surface area (Å²) in [6, 6.07) is 46.6. The molecular weight excluding hydrogens is 689 g/mol. The molecule has 0 spiro atoms. The van der Waals surface area contributed by atoms with E-state index in [0.717, 1.165) is 88.7 Å². The Hall–Kier alpha value is -6.92. The summed E-state index contributed by atoms with van der Waals surface area (Å²) in [6.45, 7) is 9.10. The maximum absolute atomic E-state index is 6.79. The number of ether oxygens (including phenoxy) is 1. The Labute approximate surface area is 323 Å². The molecule has 0 atom stereocenters. The topological polar surface area (TPSA) is 57.5 Å². The van der Waals surface area contributed by atoms with Gasteiger partial charge in [0.2, 0.25) is 0 Å². The lowest BCUT2D eigenvalue weighted by atomic mass is 9.87. The highest BCUT2D eigenvalue weighted by Crippen LogP contribution is 2.43. The van der Waals surface area contributed by atoms with Crippen LogP contribution in [0.5, 0.6) is 11.5 Å². The summed E-state index contributed by atoms with van der Waals surface area (Å²) in [5.74, 6) is 3.03. The molecule has 0 aliphatic rings. The van der Waals surface area contributed by atoms with E-state index in [1.54, 1.807) is 0 Å². The van der Waals surface area contributed by atoms with Crippen molar-refractivity contribution in [2.45, 2.75) is 39.5 Å². The summed E-state index contributed by atoms with van der Waals surface area (Å²) >= 11 is 0. The zero-order chi connectivity index (χ0) is 37.7. The minimum Gasteiger partial charge on any atom is -0.457 e. The fourth-order valence-corrected chi connectivity index (χ4v) is 8.93. The molecule has 270 valence electrons. The quantitative estimate of drug-likeness (QED) is 0.160. The summed E-state index contributed by atoms with van der Waals surface area (Å²) in [7, 11) is 0. The van der Waals surface area contributed by atoms with Crippen LogP contribution >= 0.6 is 0 Å². The van der Waals surface area contributed by atoms with Crippen LogP contribution in [-0.4, -0.2) is 18.9 Å². The number of rotatable bonds is 6. The molecule has 5 aromatic heterocycles. The lowest BCUT2D eigenvalue weighted by Crippen LogP contribution is -2.02. The van der Waals surface area contributed by atoms with E-state index in [4.69, 9.17) is 19.1 Å². The van der Waals surface area contributed by atoms with Crippen molar-refractivity contribution in [1.82, 2.24) is 18.9 Å². The fourth-order valence-electron chi connectivity index (χ4n) is 8.93. The Morgan fingerprint density at radius 2 is 1.25 bits per heavy atom. The van der Waals surface area contributed by atoms with E-state index in [2.05, 4.69) is 152 Å². The van der Waals surface area contributed by atoms with Gasteiger partial charge in [0.15, 0.2) is 0 Å². The number of hydrogen-bond acceptors (Lipinski definition) is 4. The van der Waals surface area contributed by atoms with Gasteiger partial charge in [-0.3, -0.25) is 8.97 Å². The fraction of sp³-hybridized carbons (Fsp3) is 0.120. The molecule has 0 unspecified atom stereocenters. The second-order valence-electron chi connectivity index (χ2n) is 15.4. The number of imidazole rings is 1. The summed E-state index contributed by atoms with van der Waals surface area (Å²) in [4.78, 5) is 9.99. The van der Waals surface area contributed by atoms with E-state index < -0.39 is 0 Å². The summed E-state index contributed by atoms with van der Waals surface area (Å²) in [6.07, 6.45) is 3.90. The summed E-state index contributed by atoms with van der Waals surface area (Å²) in [5, 5.41) is 7.75. The lowest BCUT2D eigenvalue weighted by molar-refractivity contribution is 0.484. The Bertz CT molecular complexity index is 3320. The third-order valence-corrected chi connectivity index (χ3v) is 11.4. The Morgan fingerprint density at radius 1 is 0.554 bits per heavy atom. The number of furan rings is 1. The minimum absolute atomic E-state index is 0.361. The summed E-state index contributed by atoms with van der Waals surface area (Å²) < 4.78 is 17.7. The average molecular weight is 727 g/mol. The molecule has 5 heterocycles. The molecule has 0 fully saturated rings. The minimum atomic E-state index is 0.361. The van der Waals surface area contributed by atoms with Crippen LogP contribution in [-0.2, 0) is 0 Å². The van der Waals surface area contributed by atoms with Gasteiger partial charge in [-0.15, -0.1) is 0 Å². The van der Waals surface area contributed by atoms with Gasteiger partial charge in [0.25, 0.3) is 0 Å². The average Bonchev–Trinajstić information content (AvgIpc) is 3.93. The van der Waals surface area contributed by atoms with Gasteiger partial charge in [0.05, 0.1) is 33.8 Å². The third-order valence-electron chi connectivity index (χ3n) is 11.4. The maximum Gasteiger partial charge on any atom is 0.145 e. The molecule has 11 rings (SSSR count). The second-order valence-corrected chi connectivity index (χ2v) is 15.4. The normalized spacial score (nSPS) is 12.2. The zero-order valence-corrected chi connectivity index (χ0v) is 31.6. The first-order valence-electron chi connectivity index (χ1n) is 19.4. The molecule has 0 aliphatic carbocycles. The van der Waals surface area contributed by atoms with Gasteiger partial charge in [-0.25, -0.2) is 9.97 Å². The monoisotopic (exact) mass is 726 g/mol. The van der Waals surface area contributed by atoms with Crippen molar-refractivity contribution in [3.8, 4) is 28.6 Å². The van der Waals surface area contributed by atoms with Crippen molar-refractivity contribution in [2.75, 3.05) is 0 Å². The van der Waals surface area contributed by atoms with Crippen LogP contribution in [0.4, 0.5) is 0 Å². The predicted molar refractivity (Wildman–Crippen MR) is 230 cm³/mol. The van der Waals surface area contributed by atoms with Crippen LogP contribution < -0.4 is 4.74 Å². The van der Waals surface area contributed by atoms with Crippen molar-refractivity contribution in [3.63, 3.8) is 0 Å². The number of benzene rings is 6. The van der Waals surface area contributed by atoms with E-state index in [-0.39, 0.29) is 0 Å². The van der Waals surface area contributed by atoms with Gasteiger partial charge in [0.1, 0.15) is 34.1 Å². The summed E-state index contributed by atoms with van der Waals surface area (Å²) in [5.41, 5.74) is 10.9. The lowest BCUT2D eigenvalue weighted by Gasteiger charge is -2.20. The molecule has 0 bridgehead atoms. The highest BCUT2D eigenvalue weighted by atomic mass is 16.5.